The van der Waals surface area contributed by atoms with Crippen LogP contribution in [0.2, 0.25) is 0 Å². The number of carboxylic acid groups (broad SMARTS) is 1. The van der Waals surface area contributed by atoms with Crippen molar-refractivity contribution in [2.75, 3.05) is 31.9 Å². The minimum Gasteiger partial charge on any atom is -0.478 e. The van der Waals surface area contributed by atoms with Crippen LogP contribution in [-0.4, -0.2) is 63.7 Å². The molecule has 1 aliphatic heterocycles. The summed E-state index contributed by atoms with van der Waals surface area (Å²) in [5, 5.41) is 22.3. The van der Waals surface area contributed by atoms with Crippen LogP contribution in [0.25, 0.3) is 0 Å². The average Bonchev–Trinajstić information content (AvgIpc) is 3.47. The number of hydrogen-bond acceptors (Lipinski definition) is 9. The summed E-state index contributed by atoms with van der Waals surface area (Å²) in [6.07, 6.45) is 3.13. The van der Waals surface area contributed by atoms with Gasteiger partial charge in [0.2, 0.25) is 0 Å². The SMILES string of the molecule is CCCCN1C(C)=C(C(=O)O)C(c2cc([N+](=O)[O-])ccc2SCCN(CC)CC)C(C(=O)OCc2ccco2)=C1C. The van der Waals surface area contributed by atoms with Crippen LogP contribution >= 0.6 is 11.8 Å². The molecule has 0 amide bonds. The van der Waals surface area contributed by atoms with Gasteiger partial charge in [-0.1, -0.05) is 27.2 Å². The highest BCUT2D eigenvalue weighted by Gasteiger charge is 2.41. The summed E-state index contributed by atoms with van der Waals surface area (Å²) in [7, 11) is 0. The first-order valence-corrected chi connectivity index (χ1v) is 14.9. The van der Waals surface area contributed by atoms with Crippen molar-refractivity contribution < 1.29 is 28.8 Å². The molecule has 0 saturated heterocycles. The van der Waals surface area contributed by atoms with Crippen molar-refractivity contribution in [3.8, 4) is 0 Å². The Labute approximate surface area is 245 Å². The maximum Gasteiger partial charge on any atom is 0.337 e. The van der Waals surface area contributed by atoms with Gasteiger partial charge in [0.1, 0.15) is 12.4 Å². The van der Waals surface area contributed by atoms with Crippen molar-refractivity contribution in [2.45, 2.75) is 64.9 Å². The number of nitro benzene ring substituents is 1. The highest BCUT2D eigenvalue weighted by molar-refractivity contribution is 7.99. The predicted molar refractivity (Wildman–Crippen MR) is 158 cm³/mol. The number of nitro groups is 1. The lowest BCUT2D eigenvalue weighted by Crippen LogP contribution is -2.35. The number of non-ortho nitro benzene ring substituents is 1. The number of esters is 1. The molecule has 222 valence electrons. The largest absolute Gasteiger partial charge is 0.478 e. The number of rotatable bonds is 15. The van der Waals surface area contributed by atoms with E-state index in [1.54, 1.807) is 32.0 Å². The van der Waals surface area contributed by atoms with Crippen LogP contribution in [0.1, 0.15) is 64.7 Å². The number of nitrogens with zero attached hydrogens (tertiary/aromatic N) is 3. The van der Waals surface area contributed by atoms with E-state index in [4.69, 9.17) is 9.15 Å². The number of carbonyl (C=O) groups is 2. The molecular formula is C30H39N3O7S. The number of aliphatic carboxylic acids is 1. The fraction of sp³-hybridized carbons (Fsp3) is 0.467. The fourth-order valence-corrected chi connectivity index (χ4v) is 6.13. The fourth-order valence-electron chi connectivity index (χ4n) is 5.05. The topological polar surface area (TPSA) is 126 Å². The van der Waals surface area contributed by atoms with Crippen molar-refractivity contribution in [3.63, 3.8) is 0 Å². The summed E-state index contributed by atoms with van der Waals surface area (Å²) >= 11 is 1.49. The molecule has 1 aromatic heterocycles. The highest BCUT2D eigenvalue weighted by Crippen LogP contribution is 2.46. The first-order valence-electron chi connectivity index (χ1n) is 13.9. The maximum absolute atomic E-state index is 13.8. The van der Waals surface area contributed by atoms with Crippen molar-refractivity contribution in [2.24, 2.45) is 0 Å². The molecule has 0 aliphatic carbocycles. The van der Waals surface area contributed by atoms with Gasteiger partial charge in [-0.15, -0.1) is 11.8 Å². The van der Waals surface area contributed by atoms with Gasteiger partial charge < -0.3 is 24.1 Å². The second-order valence-electron chi connectivity index (χ2n) is 9.75. The molecule has 1 N–H and O–H groups in total. The van der Waals surface area contributed by atoms with Gasteiger partial charge in [-0.05, 0) is 57.1 Å². The van der Waals surface area contributed by atoms with Crippen molar-refractivity contribution in [1.29, 1.82) is 0 Å². The van der Waals surface area contributed by atoms with E-state index in [0.717, 1.165) is 32.5 Å². The minimum atomic E-state index is -1.19. The van der Waals surface area contributed by atoms with Gasteiger partial charge in [0.15, 0.2) is 0 Å². The molecule has 1 aliphatic rings. The lowest BCUT2D eigenvalue weighted by Gasteiger charge is -2.38. The van der Waals surface area contributed by atoms with E-state index in [-0.39, 0.29) is 23.4 Å². The van der Waals surface area contributed by atoms with Gasteiger partial charge in [0.25, 0.3) is 5.69 Å². The van der Waals surface area contributed by atoms with E-state index in [1.807, 2.05) is 11.8 Å². The third-order valence-electron chi connectivity index (χ3n) is 7.35. The first-order chi connectivity index (χ1) is 19.6. The van der Waals surface area contributed by atoms with Crippen molar-refractivity contribution in [1.82, 2.24) is 9.80 Å². The summed E-state index contributed by atoms with van der Waals surface area (Å²) in [6.45, 7) is 12.7. The van der Waals surface area contributed by atoms with Crippen LogP contribution in [-0.2, 0) is 20.9 Å². The van der Waals surface area contributed by atoms with E-state index in [9.17, 15) is 24.8 Å². The first kappa shape index (κ1) is 32.0. The van der Waals surface area contributed by atoms with E-state index in [2.05, 4.69) is 18.7 Å². The number of carbonyl (C=O) groups excluding carboxylic acids is 1. The van der Waals surface area contributed by atoms with Gasteiger partial charge in [0, 0.05) is 47.3 Å². The van der Waals surface area contributed by atoms with Gasteiger partial charge >= 0.3 is 11.9 Å². The van der Waals surface area contributed by atoms with Gasteiger partial charge in [-0.2, -0.15) is 0 Å². The van der Waals surface area contributed by atoms with Crippen LogP contribution in [0.15, 0.2) is 68.4 Å². The number of benzene rings is 1. The number of hydrogen-bond donors (Lipinski definition) is 1. The summed E-state index contributed by atoms with van der Waals surface area (Å²) in [5.74, 6) is -1.82. The van der Waals surface area contributed by atoms with Crippen LogP contribution in [0, 0.1) is 10.1 Å². The molecule has 1 unspecified atom stereocenters. The smallest absolute Gasteiger partial charge is 0.337 e. The normalized spacial score (nSPS) is 15.6. The summed E-state index contributed by atoms with van der Waals surface area (Å²) in [4.78, 5) is 42.8. The molecule has 0 fully saturated rings. The lowest BCUT2D eigenvalue weighted by molar-refractivity contribution is -0.385. The molecule has 10 nitrogen and oxygen atoms in total. The monoisotopic (exact) mass is 585 g/mol. The number of allylic oxidation sites excluding steroid dienone is 2. The van der Waals surface area contributed by atoms with Crippen LogP contribution < -0.4 is 0 Å². The van der Waals surface area contributed by atoms with E-state index < -0.39 is 22.8 Å². The number of carboxylic acids is 1. The minimum absolute atomic E-state index is 0.00254. The van der Waals surface area contributed by atoms with Crippen LogP contribution in [0.5, 0.6) is 0 Å². The molecule has 1 atom stereocenters. The standard InChI is InChI=1S/C30H39N3O7S/c1-6-9-14-32-20(4)26(29(34)35)28(27(21(32)5)30(36)40-19-23-11-10-16-39-23)24-18-22(33(37)38)12-13-25(24)41-17-15-31(7-2)8-3/h10-13,16,18,28H,6-9,14-15,17,19H2,1-5H3,(H,34,35). The lowest BCUT2D eigenvalue weighted by atomic mass is 9.79. The second kappa shape index (κ2) is 14.9. The predicted octanol–water partition coefficient (Wildman–Crippen LogP) is 6.20. The van der Waals surface area contributed by atoms with Gasteiger partial charge in [0.05, 0.1) is 28.3 Å². The molecule has 0 bridgehead atoms. The van der Waals surface area contributed by atoms with Gasteiger partial charge in [-0.3, -0.25) is 10.1 Å². The Morgan fingerprint density at radius 2 is 1.85 bits per heavy atom. The number of ether oxygens (including phenoxy) is 1. The number of thioether (sulfide) groups is 1. The molecule has 0 radical (unpaired) electrons. The third-order valence-corrected chi connectivity index (χ3v) is 8.42. The van der Waals surface area contributed by atoms with E-state index in [0.29, 0.717) is 39.9 Å². The Balaban J connectivity index is 2.18. The third kappa shape index (κ3) is 7.59. The Morgan fingerprint density at radius 1 is 1.15 bits per heavy atom. The molecule has 2 aromatic rings. The molecular weight excluding hydrogens is 546 g/mol. The van der Waals surface area contributed by atoms with Crippen molar-refractivity contribution >= 4 is 29.4 Å². The summed E-state index contributed by atoms with van der Waals surface area (Å²) in [6, 6.07) is 7.83. The summed E-state index contributed by atoms with van der Waals surface area (Å²) in [5.41, 5.74) is 1.46. The zero-order valence-corrected chi connectivity index (χ0v) is 25.2. The van der Waals surface area contributed by atoms with E-state index >= 15 is 0 Å². The van der Waals surface area contributed by atoms with Crippen LogP contribution in [0.3, 0.4) is 0 Å². The number of unbranched alkanes of at least 4 members (excludes halogenated alkanes) is 1. The van der Waals surface area contributed by atoms with Crippen LogP contribution in [0.4, 0.5) is 5.69 Å². The molecule has 0 spiro atoms. The Morgan fingerprint density at radius 3 is 2.44 bits per heavy atom. The maximum atomic E-state index is 13.8. The van der Waals surface area contributed by atoms with Crippen molar-refractivity contribution in [3.05, 3.63) is 80.6 Å². The quantitative estimate of drug-likeness (QED) is 0.112. The molecule has 11 heteroatoms. The van der Waals surface area contributed by atoms with E-state index in [1.165, 1.54) is 30.2 Å². The molecule has 41 heavy (non-hydrogen) atoms. The zero-order chi connectivity index (χ0) is 30.1. The number of furan rings is 1. The second-order valence-corrected chi connectivity index (χ2v) is 10.9. The molecule has 1 aromatic carbocycles. The molecule has 0 saturated carbocycles. The van der Waals surface area contributed by atoms with Gasteiger partial charge in [-0.25, -0.2) is 9.59 Å². The zero-order valence-electron chi connectivity index (χ0n) is 24.3. The Hall–Kier alpha value is -3.57. The molecule has 3 rings (SSSR count). The Kier molecular flexibility index (Phi) is 11.6. The molecule has 2 heterocycles. The Bertz CT molecular complexity index is 1300. The average molecular weight is 586 g/mol. The highest BCUT2D eigenvalue weighted by atomic mass is 32.2. The summed E-state index contributed by atoms with van der Waals surface area (Å²) < 4.78 is 11.0.